The van der Waals surface area contributed by atoms with Gasteiger partial charge in [-0.25, -0.2) is 0 Å². The lowest BCUT2D eigenvalue weighted by Crippen LogP contribution is -2.23. The highest BCUT2D eigenvalue weighted by atomic mass is 16.3. The molecule has 1 fully saturated rings. The van der Waals surface area contributed by atoms with Crippen LogP contribution in [0.15, 0.2) is 54.1 Å². The Bertz CT molecular complexity index is 798. The minimum atomic E-state index is -0.651. The molecule has 182 valence electrons. The number of rotatable bonds is 13. The molecule has 1 saturated carbocycles. The van der Waals surface area contributed by atoms with Gasteiger partial charge in [0.25, 0.3) is 0 Å². The van der Waals surface area contributed by atoms with Gasteiger partial charge in [0.1, 0.15) is 0 Å². The number of nitrogens with one attached hydrogen (secondary N) is 1. The van der Waals surface area contributed by atoms with Crippen molar-refractivity contribution >= 4 is 5.91 Å². The van der Waals surface area contributed by atoms with E-state index in [1.54, 1.807) is 0 Å². The Morgan fingerprint density at radius 3 is 2.76 bits per heavy atom. The van der Waals surface area contributed by atoms with Crippen LogP contribution in [0, 0.1) is 17.8 Å². The first-order chi connectivity index (χ1) is 15.9. The van der Waals surface area contributed by atoms with Crippen molar-refractivity contribution in [1.82, 2.24) is 5.32 Å². The molecule has 0 bridgehead atoms. The Morgan fingerprint density at radius 2 is 2.00 bits per heavy atom. The number of hydrogen-bond acceptors (Lipinski definition) is 3. The maximum atomic E-state index is 12.1. The Morgan fingerprint density at radius 1 is 1.21 bits per heavy atom. The number of fused-ring (bicyclic) bond motifs is 1. The van der Waals surface area contributed by atoms with Gasteiger partial charge in [-0.15, -0.1) is 0 Å². The molecular formula is C29H43NO3. The predicted molar refractivity (Wildman–Crippen MR) is 134 cm³/mol. The molecule has 3 N–H and O–H groups in total. The average molecular weight is 454 g/mol. The molecule has 1 aromatic rings. The van der Waals surface area contributed by atoms with E-state index in [0.29, 0.717) is 31.2 Å². The molecule has 0 heterocycles. The van der Waals surface area contributed by atoms with Gasteiger partial charge in [-0.3, -0.25) is 4.79 Å². The molecule has 1 amide bonds. The summed E-state index contributed by atoms with van der Waals surface area (Å²) < 4.78 is 0. The SMILES string of the molecule is CCCC[C@](C)(O)C/C=C/[C@@H]1[C@H]2CC(CCCCC(=O)NCc3ccccc3)=C[C@H]2C[C@H]1O. The summed E-state index contributed by atoms with van der Waals surface area (Å²) in [6.45, 7) is 4.66. The van der Waals surface area contributed by atoms with Gasteiger partial charge in [-0.05, 0) is 69.3 Å². The number of aliphatic hydroxyl groups is 2. The van der Waals surface area contributed by atoms with Crippen molar-refractivity contribution in [2.45, 2.75) is 96.3 Å². The number of allylic oxidation sites excluding steroid dienone is 2. The predicted octanol–water partition coefficient (Wildman–Crippen LogP) is 5.69. The van der Waals surface area contributed by atoms with Gasteiger partial charge in [-0.1, -0.05) is 73.9 Å². The average Bonchev–Trinajstić information content (AvgIpc) is 3.31. The summed E-state index contributed by atoms with van der Waals surface area (Å²) in [7, 11) is 0. The second-order valence-corrected chi connectivity index (χ2v) is 10.4. The second kappa shape index (κ2) is 12.5. The fourth-order valence-corrected chi connectivity index (χ4v) is 5.45. The Kier molecular flexibility index (Phi) is 9.76. The lowest BCUT2D eigenvalue weighted by molar-refractivity contribution is -0.121. The lowest BCUT2D eigenvalue weighted by atomic mass is 9.87. The number of benzene rings is 1. The summed E-state index contributed by atoms with van der Waals surface area (Å²) in [5, 5.41) is 24.1. The Labute approximate surface area is 200 Å². The zero-order valence-electron chi connectivity index (χ0n) is 20.5. The summed E-state index contributed by atoms with van der Waals surface area (Å²) >= 11 is 0. The van der Waals surface area contributed by atoms with Crippen LogP contribution < -0.4 is 5.32 Å². The highest BCUT2D eigenvalue weighted by Crippen LogP contribution is 2.48. The molecule has 0 saturated heterocycles. The van der Waals surface area contributed by atoms with Crippen LogP contribution >= 0.6 is 0 Å². The van der Waals surface area contributed by atoms with E-state index in [1.807, 2.05) is 37.3 Å². The van der Waals surface area contributed by atoms with E-state index in [-0.39, 0.29) is 17.9 Å². The van der Waals surface area contributed by atoms with Gasteiger partial charge in [0, 0.05) is 18.9 Å². The molecule has 1 aromatic carbocycles. The number of carbonyl (C=O) groups excluding carboxylic acids is 1. The van der Waals surface area contributed by atoms with Crippen molar-refractivity contribution in [2.24, 2.45) is 17.8 Å². The number of carbonyl (C=O) groups is 1. The van der Waals surface area contributed by atoms with Crippen LogP contribution in [0.5, 0.6) is 0 Å². The molecule has 4 heteroatoms. The third-order valence-corrected chi connectivity index (χ3v) is 7.42. The molecule has 4 nitrogen and oxygen atoms in total. The summed E-state index contributed by atoms with van der Waals surface area (Å²) in [6, 6.07) is 10.0. The van der Waals surface area contributed by atoms with Crippen LogP contribution in [-0.2, 0) is 11.3 Å². The minimum absolute atomic E-state index is 0.124. The monoisotopic (exact) mass is 453 g/mol. The molecule has 0 aromatic heterocycles. The third-order valence-electron chi connectivity index (χ3n) is 7.42. The molecule has 0 aliphatic heterocycles. The van der Waals surface area contributed by atoms with E-state index >= 15 is 0 Å². The highest BCUT2D eigenvalue weighted by Gasteiger charge is 2.43. The maximum Gasteiger partial charge on any atom is 0.220 e. The van der Waals surface area contributed by atoms with Crippen LogP contribution in [0.1, 0.15) is 83.6 Å². The lowest BCUT2D eigenvalue weighted by Gasteiger charge is -2.22. The maximum absolute atomic E-state index is 12.1. The molecular weight excluding hydrogens is 410 g/mol. The zero-order valence-corrected chi connectivity index (χ0v) is 20.5. The van der Waals surface area contributed by atoms with Gasteiger partial charge in [0.15, 0.2) is 0 Å². The molecule has 2 aliphatic carbocycles. The van der Waals surface area contributed by atoms with Crippen molar-refractivity contribution < 1.29 is 15.0 Å². The van der Waals surface area contributed by atoms with Crippen molar-refractivity contribution in [3.63, 3.8) is 0 Å². The summed E-state index contributed by atoms with van der Waals surface area (Å²) in [4.78, 5) is 12.1. The van der Waals surface area contributed by atoms with Crippen molar-refractivity contribution in [3.05, 3.63) is 59.7 Å². The largest absolute Gasteiger partial charge is 0.392 e. The van der Waals surface area contributed by atoms with E-state index in [0.717, 1.165) is 56.9 Å². The molecule has 0 unspecified atom stereocenters. The molecule has 2 aliphatic rings. The van der Waals surface area contributed by atoms with Gasteiger partial charge in [-0.2, -0.15) is 0 Å². The van der Waals surface area contributed by atoms with E-state index < -0.39 is 5.60 Å². The van der Waals surface area contributed by atoms with Crippen LogP contribution in [0.2, 0.25) is 0 Å². The number of unbranched alkanes of at least 4 members (excludes halogenated alkanes) is 2. The van der Waals surface area contributed by atoms with E-state index in [9.17, 15) is 15.0 Å². The van der Waals surface area contributed by atoms with Crippen molar-refractivity contribution in [2.75, 3.05) is 0 Å². The standard InChI is InChI=1S/C29H43NO3/c1-3-4-16-29(2,33)17-10-14-25-26-19-23(18-24(26)20-27(25)31)13-8-9-15-28(32)30-21-22-11-6-5-7-12-22/h5-7,10-12,14,18,24-27,31,33H,3-4,8-9,13,15-17,19-21H2,1-2H3,(H,30,32)/b14-10+/t24-,25+,26-,27+,29-/m0/s1. The second-order valence-electron chi connectivity index (χ2n) is 10.4. The van der Waals surface area contributed by atoms with Crippen LogP contribution in [0.25, 0.3) is 0 Å². The van der Waals surface area contributed by atoms with Crippen LogP contribution in [0.3, 0.4) is 0 Å². The topological polar surface area (TPSA) is 69.6 Å². The normalized spacial score (nSPS) is 26.2. The molecule has 0 radical (unpaired) electrons. The first-order valence-corrected chi connectivity index (χ1v) is 13.0. The van der Waals surface area contributed by atoms with Gasteiger partial charge < -0.3 is 15.5 Å². The Balaban J connectivity index is 1.36. The van der Waals surface area contributed by atoms with Crippen molar-refractivity contribution in [3.8, 4) is 0 Å². The summed E-state index contributed by atoms with van der Waals surface area (Å²) in [6.07, 6.45) is 15.5. The van der Waals surface area contributed by atoms with E-state index in [2.05, 4.69) is 30.5 Å². The first-order valence-electron chi connectivity index (χ1n) is 13.0. The van der Waals surface area contributed by atoms with Gasteiger partial charge in [0.05, 0.1) is 11.7 Å². The number of aliphatic hydroxyl groups excluding tert-OH is 1. The molecule has 3 rings (SSSR count). The van der Waals surface area contributed by atoms with Crippen LogP contribution in [-0.4, -0.2) is 27.8 Å². The summed E-state index contributed by atoms with van der Waals surface area (Å²) in [5.41, 5.74) is 1.97. The number of hydrogen-bond donors (Lipinski definition) is 3. The highest BCUT2D eigenvalue weighted by molar-refractivity contribution is 5.75. The molecule has 33 heavy (non-hydrogen) atoms. The quantitative estimate of drug-likeness (QED) is 0.265. The minimum Gasteiger partial charge on any atom is -0.392 e. The molecule has 0 spiro atoms. The first kappa shape index (κ1) is 25.7. The number of amides is 1. The fourth-order valence-electron chi connectivity index (χ4n) is 5.45. The van der Waals surface area contributed by atoms with Crippen molar-refractivity contribution in [1.29, 1.82) is 0 Å². The Hall–Kier alpha value is -1.91. The van der Waals surface area contributed by atoms with Gasteiger partial charge in [0.2, 0.25) is 5.91 Å². The fraction of sp³-hybridized carbons (Fsp3) is 0.621. The van der Waals surface area contributed by atoms with Gasteiger partial charge >= 0.3 is 0 Å². The van der Waals surface area contributed by atoms with Crippen LogP contribution in [0.4, 0.5) is 0 Å². The van der Waals surface area contributed by atoms with E-state index in [1.165, 1.54) is 5.57 Å². The zero-order chi connectivity index (χ0) is 23.7. The summed E-state index contributed by atoms with van der Waals surface area (Å²) in [5.74, 6) is 1.27. The third kappa shape index (κ3) is 8.12. The van der Waals surface area contributed by atoms with E-state index in [4.69, 9.17) is 0 Å². The smallest absolute Gasteiger partial charge is 0.220 e. The molecule has 5 atom stereocenters.